The number of carbonyl (C=O) groups is 4. The summed E-state index contributed by atoms with van der Waals surface area (Å²) in [6.07, 6.45) is -0.0223. The zero-order valence-electron chi connectivity index (χ0n) is 13.8. The van der Waals surface area contributed by atoms with E-state index in [9.17, 15) is 19.2 Å². The molecule has 0 unspecified atom stereocenters. The van der Waals surface area contributed by atoms with Gasteiger partial charge >= 0.3 is 0 Å². The molecule has 0 aliphatic carbocycles. The minimum atomic E-state index is -0.552. The van der Waals surface area contributed by atoms with Gasteiger partial charge in [0.1, 0.15) is 0 Å². The average molecular weight is 354 g/mol. The number of nitrogens with two attached hydrogens (primary N) is 2. The lowest BCUT2D eigenvalue weighted by molar-refractivity contribution is -0.121. The maximum absolute atomic E-state index is 11.9. The van der Waals surface area contributed by atoms with E-state index in [1.807, 2.05) is 0 Å². The van der Waals surface area contributed by atoms with E-state index in [-0.39, 0.29) is 24.7 Å². The molecule has 0 spiro atoms. The van der Waals surface area contributed by atoms with E-state index in [0.29, 0.717) is 22.5 Å². The minimum absolute atomic E-state index is 0.0111. The maximum atomic E-state index is 11.9. The van der Waals surface area contributed by atoms with Crippen molar-refractivity contribution in [2.24, 2.45) is 11.5 Å². The first kappa shape index (κ1) is 18.7. The maximum Gasteiger partial charge on any atom is 0.248 e. The van der Waals surface area contributed by atoms with E-state index < -0.39 is 11.8 Å². The van der Waals surface area contributed by atoms with E-state index in [4.69, 9.17) is 11.5 Å². The van der Waals surface area contributed by atoms with E-state index in [0.717, 1.165) is 0 Å². The molecule has 0 heterocycles. The molecule has 2 aromatic rings. The molecule has 8 heteroatoms. The SMILES string of the molecule is NC(=O)c1ccc(NC(=O)CCC(=O)Nc2ccc(C(N)=O)cc2)cc1. The van der Waals surface area contributed by atoms with Crippen molar-refractivity contribution < 1.29 is 19.2 Å². The van der Waals surface area contributed by atoms with Crippen molar-refractivity contribution in [1.29, 1.82) is 0 Å². The van der Waals surface area contributed by atoms with Crippen molar-refractivity contribution in [1.82, 2.24) is 0 Å². The fraction of sp³-hybridized carbons (Fsp3) is 0.111. The Balaban J connectivity index is 1.80. The molecule has 6 N–H and O–H groups in total. The number of anilines is 2. The Morgan fingerprint density at radius 3 is 1.19 bits per heavy atom. The summed E-state index contributed by atoms with van der Waals surface area (Å²) in [6, 6.07) is 12.2. The van der Waals surface area contributed by atoms with E-state index in [2.05, 4.69) is 10.6 Å². The Morgan fingerprint density at radius 2 is 0.923 bits per heavy atom. The molecule has 0 radical (unpaired) electrons. The summed E-state index contributed by atoms with van der Waals surface area (Å²) in [5.41, 5.74) is 12.0. The molecule has 0 atom stereocenters. The molecule has 0 fully saturated rings. The third-order valence-corrected chi connectivity index (χ3v) is 3.49. The van der Waals surface area contributed by atoms with Gasteiger partial charge in [0.25, 0.3) is 0 Å². The minimum Gasteiger partial charge on any atom is -0.366 e. The van der Waals surface area contributed by atoms with Crippen LogP contribution in [0.5, 0.6) is 0 Å². The number of carbonyl (C=O) groups excluding carboxylic acids is 4. The van der Waals surface area contributed by atoms with Gasteiger partial charge in [0, 0.05) is 35.3 Å². The third kappa shape index (κ3) is 5.45. The van der Waals surface area contributed by atoms with Gasteiger partial charge in [-0.25, -0.2) is 0 Å². The first-order valence-electron chi connectivity index (χ1n) is 7.74. The molecule has 4 amide bonds. The fourth-order valence-corrected chi connectivity index (χ4v) is 2.11. The molecule has 0 bridgehead atoms. The number of hydrogen-bond donors (Lipinski definition) is 4. The lowest BCUT2D eigenvalue weighted by Crippen LogP contribution is -2.17. The number of benzene rings is 2. The first-order chi connectivity index (χ1) is 12.3. The van der Waals surface area contributed by atoms with Crippen LogP contribution in [0, 0.1) is 0 Å². The Morgan fingerprint density at radius 1 is 0.615 bits per heavy atom. The highest BCUT2D eigenvalue weighted by atomic mass is 16.2. The molecule has 0 saturated heterocycles. The van der Waals surface area contributed by atoms with E-state index >= 15 is 0 Å². The van der Waals surface area contributed by atoms with Crippen molar-refractivity contribution in [3.63, 3.8) is 0 Å². The molecule has 2 rings (SSSR count). The Kier molecular flexibility index (Phi) is 6.05. The first-order valence-corrected chi connectivity index (χ1v) is 7.74. The molecule has 0 saturated carbocycles. The van der Waals surface area contributed by atoms with Crippen molar-refractivity contribution in [3.8, 4) is 0 Å². The summed E-state index contributed by atoms with van der Waals surface area (Å²) in [5.74, 6) is -1.78. The molecule has 0 aliphatic heterocycles. The second-order valence-electron chi connectivity index (χ2n) is 5.48. The second-order valence-corrected chi connectivity index (χ2v) is 5.48. The third-order valence-electron chi connectivity index (χ3n) is 3.49. The van der Waals surface area contributed by atoms with Crippen LogP contribution in [-0.4, -0.2) is 23.6 Å². The van der Waals surface area contributed by atoms with Gasteiger partial charge in [-0.1, -0.05) is 0 Å². The standard InChI is InChI=1S/C18H18N4O4/c19-17(25)11-1-5-13(6-2-11)21-15(23)9-10-16(24)22-14-7-3-12(4-8-14)18(20)26/h1-8H,9-10H2,(H2,19,25)(H2,20,26)(H,21,23)(H,22,24). The Bertz CT molecular complexity index is 758. The highest BCUT2D eigenvalue weighted by Gasteiger charge is 2.09. The molecule has 8 nitrogen and oxygen atoms in total. The van der Waals surface area contributed by atoms with Crippen LogP contribution in [0.1, 0.15) is 33.6 Å². The van der Waals surface area contributed by atoms with Crippen molar-refractivity contribution in [2.45, 2.75) is 12.8 Å². The van der Waals surface area contributed by atoms with Gasteiger partial charge in [-0.05, 0) is 48.5 Å². The number of rotatable bonds is 7. The second kappa shape index (κ2) is 8.43. The van der Waals surface area contributed by atoms with Gasteiger partial charge in [-0.3, -0.25) is 19.2 Å². The number of amides is 4. The summed E-state index contributed by atoms with van der Waals surface area (Å²) in [4.78, 5) is 45.7. The average Bonchev–Trinajstić information content (AvgIpc) is 2.61. The fourth-order valence-electron chi connectivity index (χ4n) is 2.11. The van der Waals surface area contributed by atoms with Crippen LogP contribution in [0.4, 0.5) is 11.4 Å². The molecular formula is C18H18N4O4. The van der Waals surface area contributed by atoms with Crippen LogP contribution in [0.15, 0.2) is 48.5 Å². The number of primary amides is 2. The highest BCUT2D eigenvalue weighted by molar-refractivity contribution is 5.98. The largest absolute Gasteiger partial charge is 0.366 e. The summed E-state index contributed by atoms with van der Waals surface area (Å²) in [5, 5.41) is 5.25. The van der Waals surface area contributed by atoms with Crippen molar-refractivity contribution in [2.75, 3.05) is 10.6 Å². The Labute approximate surface area is 149 Å². The van der Waals surface area contributed by atoms with Crippen LogP contribution in [0.2, 0.25) is 0 Å². The van der Waals surface area contributed by atoms with Crippen LogP contribution < -0.4 is 22.1 Å². The molecule has 26 heavy (non-hydrogen) atoms. The monoisotopic (exact) mass is 354 g/mol. The van der Waals surface area contributed by atoms with Gasteiger partial charge < -0.3 is 22.1 Å². The van der Waals surface area contributed by atoms with Crippen LogP contribution in [-0.2, 0) is 9.59 Å². The zero-order valence-corrected chi connectivity index (χ0v) is 13.8. The summed E-state index contributed by atoms with van der Waals surface area (Å²) in [6.45, 7) is 0. The topological polar surface area (TPSA) is 144 Å². The smallest absolute Gasteiger partial charge is 0.248 e. The van der Waals surface area contributed by atoms with Gasteiger partial charge in [0.15, 0.2) is 0 Å². The predicted molar refractivity (Wildman–Crippen MR) is 96.4 cm³/mol. The molecule has 0 aromatic heterocycles. The lowest BCUT2D eigenvalue weighted by Gasteiger charge is -2.07. The zero-order chi connectivity index (χ0) is 19.1. The molecular weight excluding hydrogens is 336 g/mol. The summed E-state index contributed by atoms with van der Waals surface area (Å²) >= 11 is 0. The molecule has 0 aliphatic rings. The van der Waals surface area contributed by atoms with Crippen molar-refractivity contribution in [3.05, 3.63) is 59.7 Å². The predicted octanol–water partition coefficient (Wildman–Crippen LogP) is 1.24. The van der Waals surface area contributed by atoms with Crippen molar-refractivity contribution >= 4 is 35.0 Å². The summed E-state index contributed by atoms with van der Waals surface area (Å²) < 4.78 is 0. The Hall–Kier alpha value is -3.68. The van der Waals surface area contributed by atoms with Gasteiger partial charge in [0.2, 0.25) is 23.6 Å². The molecule has 2 aromatic carbocycles. The quantitative estimate of drug-likeness (QED) is 0.593. The van der Waals surface area contributed by atoms with Crippen LogP contribution in [0.3, 0.4) is 0 Å². The van der Waals surface area contributed by atoms with Gasteiger partial charge in [0.05, 0.1) is 0 Å². The van der Waals surface area contributed by atoms with Crippen LogP contribution in [0.25, 0.3) is 0 Å². The van der Waals surface area contributed by atoms with E-state index in [1.54, 1.807) is 24.3 Å². The van der Waals surface area contributed by atoms with Crippen LogP contribution >= 0.6 is 0 Å². The number of hydrogen-bond acceptors (Lipinski definition) is 4. The van der Waals surface area contributed by atoms with Gasteiger partial charge in [-0.2, -0.15) is 0 Å². The number of nitrogens with one attached hydrogen (secondary N) is 2. The summed E-state index contributed by atoms with van der Waals surface area (Å²) in [7, 11) is 0. The normalized spacial score (nSPS) is 10.0. The van der Waals surface area contributed by atoms with E-state index in [1.165, 1.54) is 24.3 Å². The molecule has 134 valence electrons. The lowest BCUT2D eigenvalue weighted by atomic mass is 10.2. The van der Waals surface area contributed by atoms with Gasteiger partial charge in [-0.15, -0.1) is 0 Å². The highest BCUT2D eigenvalue weighted by Crippen LogP contribution is 2.12.